The van der Waals surface area contributed by atoms with E-state index in [2.05, 4.69) is 12.2 Å². The van der Waals surface area contributed by atoms with Gasteiger partial charge in [0.2, 0.25) is 0 Å². The Bertz CT molecular complexity index is 1430. The summed E-state index contributed by atoms with van der Waals surface area (Å²) in [6, 6.07) is 9.96. The smallest absolute Gasteiger partial charge is 0.267 e. The number of nitrogens with zero attached hydrogens (tertiary/aromatic N) is 3. The molecule has 186 valence electrons. The van der Waals surface area contributed by atoms with Crippen LogP contribution in [0.25, 0.3) is 11.7 Å². The number of nitrogens with one attached hydrogen (secondary N) is 1. The van der Waals surface area contributed by atoms with Gasteiger partial charge in [-0.15, -0.1) is 0 Å². The molecule has 0 bridgehead atoms. The molecule has 1 saturated carbocycles. The number of hydrogen-bond donors (Lipinski definition) is 1. The summed E-state index contributed by atoms with van der Waals surface area (Å²) in [7, 11) is 0. The van der Waals surface area contributed by atoms with Crippen molar-refractivity contribution in [3.05, 3.63) is 80.4 Å². The number of halogens is 1. The minimum Gasteiger partial charge on any atom is -0.367 e. The van der Waals surface area contributed by atoms with E-state index in [4.69, 9.17) is 17.2 Å². The van der Waals surface area contributed by atoms with Crippen molar-refractivity contribution in [3.8, 4) is 0 Å². The van der Waals surface area contributed by atoms with E-state index in [-0.39, 0.29) is 29.9 Å². The number of carbonyl (C=O) groups is 1. The number of pyridine rings is 1. The van der Waals surface area contributed by atoms with Crippen molar-refractivity contribution in [1.82, 2.24) is 14.3 Å². The third kappa shape index (κ3) is 5.08. The molecular formula is C27H27FN4O2S2. The van der Waals surface area contributed by atoms with Crippen LogP contribution in [0.4, 0.5) is 10.2 Å². The van der Waals surface area contributed by atoms with Crippen molar-refractivity contribution in [2.75, 3.05) is 5.32 Å². The van der Waals surface area contributed by atoms with Gasteiger partial charge in [-0.3, -0.25) is 18.9 Å². The highest BCUT2D eigenvalue weighted by Crippen LogP contribution is 2.34. The van der Waals surface area contributed by atoms with E-state index in [9.17, 15) is 14.0 Å². The molecule has 0 atom stereocenters. The van der Waals surface area contributed by atoms with Crippen LogP contribution in [-0.4, -0.2) is 30.6 Å². The number of anilines is 1. The molecule has 5 rings (SSSR count). The maximum atomic E-state index is 13.6. The fourth-order valence-electron chi connectivity index (χ4n) is 4.64. The third-order valence-corrected chi connectivity index (χ3v) is 8.14. The number of aromatic nitrogens is 2. The molecule has 1 N–H and O–H groups in total. The molecule has 0 radical (unpaired) electrons. The standard InChI is InChI=1S/C27H27FN4O2S2/c1-16-3-10-20(11-4-16)29-24-21(25(33)31-14-17(2)5-12-23(31)30-24)13-22-26(34)32(27(35)36-22)15-18-6-8-19(28)9-7-18/h5-9,12-14,16,20,29H,3-4,10-11,15H2,1-2H3/b22-13+. The van der Waals surface area contributed by atoms with Crippen molar-refractivity contribution >= 4 is 51.7 Å². The van der Waals surface area contributed by atoms with E-state index in [0.29, 0.717) is 32.2 Å². The predicted molar refractivity (Wildman–Crippen MR) is 146 cm³/mol. The predicted octanol–water partition coefficient (Wildman–Crippen LogP) is 5.53. The highest BCUT2D eigenvalue weighted by molar-refractivity contribution is 8.26. The second kappa shape index (κ2) is 10.1. The lowest BCUT2D eigenvalue weighted by atomic mass is 9.87. The van der Waals surface area contributed by atoms with Crippen LogP contribution in [0, 0.1) is 18.7 Å². The molecule has 36 heavy (non-hydrogen) atoms. The number of hydrogen-bond acceptors (Lipinski definition) is 6. The van der Waals surface area contributed by atoms with Crippen molar-refractivity contribution in [2.24, 2.45) is 5.92 Å². The largest absolute Gasteiger partial charge is 0.367 e. The first-order valence-electron chi connectivity index (χ1n) is 12.1. The number of amides is 1. The Morgan fingerprint density at radius 2 is 1.86 bits per heavy atom. The van der Waals surface area contributed by atoms with Crippen LogP contribution < -0.4 is 10.9 Å². The van der Waals surface area contributed by atoms with Crippen molar-refractivity contribution < 1.29 is 9.18 Å². The second-order valence-corrected chi connectivity index (χ2v) is 11.3. The number of fused-ring (bicyclic) bond motifs is 1. The lowest BCUT2D eigenvalue weighted by molar-refractivity contribution is -0.122. The molecule has 1 saturated heterocycles. The van der Waals surface area contributed by atoms with Gasteiger partial charge >= 0.3 is 0 Å². The maximum absolute atomic E-state index is 13.6. The Morgan fingerprint density at radius 3 is 2.58 bits per heavy atom. The summed E-state index contributed by atoms with van der Waals surface area (Å²) in [6.45, 7) is 4.42. The zero-order valence-electron chi connectivity index (χ0n) is 20.2. The molecule has 0 unspecified atom stereocenters. The van der Waals surface area contributed by atoms with E-state index in [1.807, 2.05) is 19.1 Å². The zero-order chi connectivity index (χ0) is 25.4. The highest BCUT2D eigenvalue weighted by atomic mass is 32.2. The quantitative estimate of drug-likeness (QED) is 0.351. The Morgan fingerprint density at radius 1 is 1.14 bits per heavy atom. The number of rotatable bonds is 5. The van der Waals surface area contributed by atoms with Crippen molar-refractivity contribution in [3.63, 3.8) is 0 Å². The van der Waals surface area contributed by atoms with Gasteiger partial charge in [0.1, 0.15) is 21.6 Å². The van der Waals surface area contributed by atoms with Crippen LogP contribution in [0.1, 0.15) is 49.3 Å². The lowest BCUT2D eigenvalue weighted by Crippen LogP contribution is -2.29. The van der Waals surface area contributed by atoms with Gasteiger partial charge in [-0.2, -0.15) is 0 Å². The minimum absolute atomic E-state index is 0.223. The van der Waals surface area contributed by atoms with Gasteiger partial charge in [0, 0.05) is 12.2 Å². The molecule has 1 amide bonds. The van der Waals surface area contributed by atoms with Crippen LogP contribution in [0.5, 0.6) is 0 Å². The first kappa shape index (κ1) is 24.6. The van der Waals surface area contributed by atoms with Crippen molar-refractivity contribution in [1.29, 1.82) is 0 Å². The molecule has 1 aliphatic heterocycles. The monoisotopic (exact) mass is 522 g/mol. The van der Waals surface area contributed by atoms with Crippen LogP contribution in [0.15, 0.2) is 52.3 Å². The van der Waals surface area contributed by atoms with E-state index in [1.54, 1.807) is 24.4 Å². The fourth-order valence-corrected chi connectivity index (χ4v) is 5.87. The maximum Gasteiger partial charge on any atom is 0.267 e. The van der Waals surface area contributed by atoms with E-state index in [1.165, 1.54) is 21.4 Å². The van der Waals surface area contributed by atoms with E-state index >= 15 is 0 Å². The van der Waals surface area contributed by atoms with Crippen LogP contribution in [-0.2, 0) is 11.3 Å². The molecule has 0 spiro atoms. The third-order valence-electron chi connectivity index (χ3n) is 6.77. The number of aryl methyl sites for hydroxylation is 1. The number of benzene rings is 1. The molecule has 2 aromatic heterocycles. The summed E-state index contributed by atoms with van der Waals surface area (Å²) in [4.78, 5) is 33.5. The SMILES string of the molecule is Cc1ccc2nc(NC3CCC(C)CC3)c(/C=C3/SC(=S)N(Cc4ccc(F)cc4)C3=O)c(=O)n2c1. The van der Waals surface area contributed by atoms with Gasteiger partial charge < -0.3 is 5.32 Å². The highest BCUT2D eigenvalue weighted by Gasteiger charge is 2.33. The molecule has 2 fully saturated rings. The zero-order valence-corrected chi connectivity index (χ0v) is 21.8. The van der Waals surface area contributed by atoms with Crippen molar-refractivity contribution in [2.45, 2.75) is 52.1 Å². The molecule has 1 aliphatic carbocycles. The first-order valence-corrected chi connectivity index (χ1v) is 13.3. The summed E-state index contributed by atoms with van der Waals surface area (Å²) in [5, 5.41) is 3.50. The van der Waals surface area contributed by atoms with Crippen LogP contribution in [0.3, 0.4) is 0 Å². The average Bonchev–Trinajstić information content (AvgIpc) is 3.12. The molecule has 1 aromatic carbocycles. The normalized spacial score (nSPS) is 21.5. The fraction of sp³-hybridized carbons (Fsp3) is 0.333. The second-order valence-electron chi connectivity index (χ2n) is 9.61. The Kier molecular flexibility index (Phi) is 6.94. The van der Waals surface area contributed by atoms with Gasteiger partial charge in [0.05, 0.1) is 17.0 Å². The van der Waals surface area contributed by atoms with Gasteiger partial charge in [-0.05, 0) is 73.9 Å². The summed E-state index contributed by atoms with van der Waals surface area (Å²) in [5.41, 5.74) is 2.37. The van der Waals surface area contributed by atoms with Gasteiger partial charge in [0.15, 0.2) is 0 Å². The van der Waals surface area contributed by atoms with E-state index in [0.717, 1.165) is 48.6 Å². The number of carbonyl (C=O) groups excluding carboxylic acids is 1. The topological polar surface area (TPSA) is 66.7 Å². The Labute approximate surface area is 218 Å². The number of thioether (sulfide) groups is 1. The molecule has 9 heteroatoms. The summed E-state index contributed by atoms with van der Waals surface area (Å²) in [6.07, 6.45) is 7.64. The van der Waals surface area contributed by atoms with Crippen LogP contribution in [0.2, 0.25) is 0 Å². The molecule has 2 aliphatic rings. The van der Waals surface area contributed by atoms with E-state index < -0.39 is 0 Å². The molecular weight excluding hydrogens is 495 g/mol. The van der Waals surface area contributed by atoms with Gasteiger partial charge in [0.25, 0.3) is 11.5 Å². The molecule has 3 aromatic rings. The van der Waals surface area contributed by atoms with Gasteiger partial charge in [-0.1, -0.05) is 49.1 Å². The first-order chi connectivity index (χ1) is 17.3. The Hall–Kier alpha value is -3.04. The molecule has 3 heterocycles. The van der Waals surface area contributed by atoms with Gasteiger partial charge in [-0.25, -0.2) is 9.37 Å². The average molecular weight is 523 g/mol. The Balaban J connectivity index is 1.51. The lowest BCUT2D eigenvalue weighted by Gasteiger charge is -2.27. The summed E-state index contributed by atoms with van der Waals surface area (Å²) in [5.74, 6) is 0.576. The summed E-state index contributed by atoms with van der Waals surface area (Å²) >= 11 is 6.64. The summed E-state index contributed by atoms with van der Waals surface area (Å²) < 4.78 is 15.2. The number of thiocarbonyl (C=S) groups is 1. The minimum atomic E-state index is -0.337. The molecule has 6 nitrogen and oxygen atoms in total. The van der Waals surface area contributed by atoms with Crippen LogP contribution >= 0.6 is 24.0 Å².